The van der Waals surface area contributed by atoms with E-state index in [-0.39, 0.29) is 31.1 Å². The highest BCUT2D eigenvalue weighted by atomic mass is 16.5. The number of carbonyl (C=O) groups excluding carboxylic acids is 3. The van der Waals surface area contributed by atoms with Gasteiger partial charge in [0.25, 0.3) is 0 Å². The summed E-state index contributed by atoms with van der Waals surface area (Å²) in [6, 6.07) is 13.6. The molecule has 8 nitrogen and oxygen atoms in total. The van der Waals surface area contributed by atoms with Crippen LogP contribution in [-0.4, -0.2) is 24.0 Å². The Kier molecular flexibility index (Phi) is 6.01. The van der Waals surface area contributed by atoms with Crippen LogP contribution in [0, 0.1) is 0 Å². The van der Waals surface area contributed by atoms with Crippen LogP contribution < -0.4 is 21.2 Å². The molecule has 0 bridgehead atoms. The number of amides is 2. The molecule has 2 aromatic rings. The SMILES string of the molecule is NN=Cc1ccc(NC(=O)CCC(=O)NC2CC(=O)Oc3ccccc32)cc1. The molecule has 0 radical (unpaired) electrons. The minimum Gasteiger partial charge on any atom is -0.426 e. The molecule has 1 aliphatic heterocycles. The number of para-hydroxylation sites is 1. The summed E-state index contributed by atoms with van der Waals surface area (Å²) >= 11 is 0. The molecular formula is C20H20N4O4. The summed E-state index contributed by atoms with van der Waals surface area (Å²) in [5.41, 5.74) is 2.18. The monoisotopic (exact) mass is 380 g/mol. The van der Waals surface area contributed by atoms with E-state index in [0.717, 1.165) is 11.1 Å². The van der Waals surface area contributed by atoms with Crippen molar-refractivity contribution in [1.82, 2.24) is 5.32 Å². The smallest absolute Gasteiger partial charge is 0.313 e. The number of ether oxygens (including phenoxy) is 1. The Morgan fingerprint density at radius 2 is 1.82 bits per heavy atom. The van der Waals surface area contributed by atoms with Crippen LogP contribution in [0.5, 0.6) is 5.75 Å². The molecule has 3 rings (SSSR count). The molecule has 0 aliphatic carbocycles. The number of rotatable bonds is 6. The molecule has 0 spiro atoms. The minimum absolute atomic E-state index is 0.0114. The number of hydrogen-bond acceptors (Lipinski definition) is 6. The highest BCUT2D eigenvalue weighted by Crippen LogP contribution is 2.32. The van der Waals surface area contributed by atoms with Crippen LogP contribution in [-0.2, 0) is 14.4 Å². The zero-order valence-electron chi connectivity index (χ0n) is 15.1. The van der Waals surface area contributed by atoms with Crippen molar-refractivity contribution in [1.29, 1.82) is 0 Å². The van der Waals surface area contributed by atoms with Crippen molar-refractivity contribution >= 4 is 29.7 Å². The number of carbonyl (C=O) groups is 3. The maximum atomic E-state index is 12.2. The fraction of sp³-hybridized carbons (Fsp3) is 0.200. The second-order valence-electron chi connectivity index (χ2n) is 6.28. The van der Waals surface area contributed by atoms with Gasteiger partial charge in [0.1, 0.15) is 5.75 Å². The molecule has 8 heteroatoms. The van der Waals surface area contributed by atoms with Gasteiger partial charge in [-0.05, 0) is 23.8 Å². The largest absolute Gasteiger partial charge is 0.426 e. The number of benzene rings is 2. The molecule has 1 aliphatic rings. The number of fused-ring (bicyclic) bond motifs is 1. The standard InChI is InChI=1S/C20H20N4O4/c21-22-12-13-5-7-14(8-6-13)23-18(25)9-10-19(26)24-16-11-20(27)28-17-4-2-1-3-15(16)17/h1-8,12,16H,9-11,21H2,(H,23,25)(H,24,26). The van der Waals surface area contributed by atoms with Crippen LogP contribution in [0.2, 0.25) is 0 Å². The molecule has 0 aromatic heterocycles. The first-order chi connectivity index (χ1) is 13.5. The van der Waals surface area contributed by atoms with Crippen molar-refractivity contribution in [3.63, 3.8) is 0 Å². The van der Waals surface area contributed by atoms with Gasteiger partial charge in [0, 0.05) is 24.1 Å². The Bertz CT molecular complexity index is 909. The molecule has 0 fully saturated rings. The number of nitrogens with two attached hydrogens (primary N) is 1. The van der Waals surface area contributed by atoms with Crippen molar-refractivity contribution < 1.29 is 19.1 Å². The number of nitrogens with one attached hydrogen (secondary N) is 2. The average molecular weight is 380 g/mol. The Morgan fingerprint density at radius 3 is 2.57 bits per heavy atom. The van der Waals surface area contributed by atoms with E-state index in [1.54, 1.807) is 42.5 Å². The second-order valence-corrected chi connectivity index (χ2v) is 6.28. The van der Waals surface area contributed by atoms with E-state index >= 15 is 0 Å². The minimum atomic E-state index is -0.454. The van der Waals surface area contributed by atoms with E-state index in [1.807, 2.05) is 6.07 Å². The van der Waals surface area contributed by atoms with Crippen LogP contribution >= 0.6 is 0 Å². The van der Waals surface area contributed by atoms with Gasteiger partial charge < -0.3 is 21.2 Å². The second kappa shape index (κ2) is 8.81. The first-order valence-electron chi connectivity index (χ1n) is 8.77. The maximum absolute atomic E-state index is 12.2. The summed E-state index contributed by atoms with van der Waals surface area (Å²) in [5.74, 6) is 4.55. The summed E-state index contributed by atoms with van der Waals surface area (Å²) < 4.78 is 5.16. The van der Waals surface area contributed by atoms with Crippen LogP contribution in [0.1, 0.15) is 36.4 Å². The Morgan fingerprint density at radius 1 is 1.11 bits per heavy atom. The van der Waals surface area contributed by atoms with E-state index in [1.165, 1.54) is 6.21 Å². The summed E-state index contributed by atoms with van der Waals surface area (Å²) in [6.45, 7) is 0. The van der Waals surface area contributed by atoms with Gasteiger partial charge >= 0.3 is 5.97 Å². The predicted molar refractivity (Wildman–Crippen MR) is 104 cm³/mol. The van der Waals surface area contributed by atoms with E-state index in [2.05, 4.69) is 15.7 Å². The van der Waals surface area contributed by atoms with Crippen molar-refractivity contribution in [3.8, 4) is 5.75 Å². The number of anilines is 1. The number of hydrazone groups is 1. The molecule has 1 heterocycles. The zero-order chi connectivity index (χ0) is 19.9. The highest BCUT2D eigenvalue weighted by molar-refractivity contribution is 5.93. The zero-order valence-corrected chi connectivity index (χ0v) is 15.1. The molecule has 1 atom stereocenters. The first kappa shape index (κ1) is 19.1. The van der Waals surface area contributed by atoms with E-state index in [9.17, 15) is 14.4 Å². The van der Waals surface area contributed by atoms with Crippen molar-refractivity contribution in [2.45, 2.75) is 25.3 Å². The Hall–Kier alpha value is -3.68. The van der Waals surface area contributed by atoms with Crippen LogP contribution in [0.25, 0.3) is 0 Å². The fourth-order valence-electron chi connectivity index (χ4n) is 2.89. The molecule has 2 aromatic carbocycles. The third-order valence-corrected chi connectivity index (χ3v) is 4.22. The molecule has 0 saturated heterocycles. The number of esters is 1. The van der Waals surface area contributed by atoms with Crippen LogP contribution in [0.15, 0.2) is 53.6 Å². The summed E-state index contributed by atoms with van der Waals surface area (Å²) in [5, 5.41) is 8.95. The molecule has 28 heavy (non-hydrogen) atoms. The first-order valence-corrected chi connectivity index (χ1v) is 8.77. The van der Waals surface area contributed by atoms with E-state index < -0.39 is 12.0 Å². The lowest BCUT2D eigenvalue weighted by Gasteiger charge is -2.25. The molecule has 0 saturated carbocycles. The van der Waals surface area contributed by atoms with Gasteiger partial charge in [0.2, 0.25) is 11.8 Å². The lowest BCUT2D eigenvalue weighted by Crippen LogP contribution is -2.34. The van der Waals surface area contributed by atoms with Gasteiger partial charge in [-0.3, -0.25) is 14.4 Å². The van der Waals surface area contributed by atoms with Crippen LogP contribution in [0.3, 0.4) is 0 Å². The topological polar surface area (TPSA) is 123 Å². The third-order valence-electron chi connectivity index (χ3n) is 4.22. The van der Waals surface area contributed by atoms with Crippen molar-refractivity contribution in [2.24, 2.45) is 10.9 Å². The van der Waals surface area contributed by atoms with Crippen molar-refractivity contribution in [2.75, 3.05) is 5.32 Å². The molecule has 2 amide bonds. The lowest BCUT2D eigenvalue weighted by atomic mass is 10.00. The van der Waals surface area contributed by atoms with Crippen molar-refractivity contribution in [3.05, 3.63) is 59.7 Å². The van der Waals surface area contributed by atoms with Gasteiger partial charge in [-0.1, -0.05) is 30.3 Å². The van der Waals surface area contributed by atoms with E-state index in [4.69, 9.17) is 10.6 Å². The molecular weight excluding hydrogens is 360 g/mol. The predicted octanol–water partition coefficient (Wildman–Crippen LogP) is 1.86. The molecule has 1 unspecified atom stereocenters. The Balaban J connectivity index is 1.50. The van der Waals surface area contributed by atoms with Gasteiger partial charge in [-0.15, -0.1) is 0 Å². The Labute approximate surface area is 161 Å². The quantitative estimate of drug-likeness (QED) is 0.232. The number of hydrogen-bond donors (Lipinski definition) is 3. The number of nitrogens with zero attached hydrogens (tertiary/aromatic N) is 1. The fourth-order valence-corrected chi connectivity index (χ4v) is 2.89. The molecule has 4 N–H and O–H groups in total. The van der Waals surface area contributed by atoms with E-state index in [0.29, 0.717) is 11.4 Å². The molecule has 144 valence electrons. The summed E-state index contributed by atoms with van der Waals surface area (Å²) in [4.78, 5) is 36.0. The van der Waals surface area contributed by atoms with Gasteiger partial charge in [-0.25, -0.2) is 0 Å². The lowest BCUT2D eigenvalue weighted by molar-refractivity contribution is -0.136. The van der Waals surface area contributed by atoms with Gasteiger partial charge in [0.05, 0.1) is 18.7 Å². The van der Waals surface area contributed by atoms with Gasteiger partial charge in [0.15, 0.2) is 0 Å². The highest BCUT2D eigenvalue weighted by Gasteiger charge is 2.27. The average Bonchev–Trinajstić information content (AvgIpc) is 2.68. The summed E-state index contributed by atoms with van der Waals surface area (Å²) in [7, 11) is 0. The summed E-state index contributed by atoms with van der Waals surface area (Å²) in [6.07, 6.45) is 1.59. The van der Waals surface area contributed by atoms with Crippen LogP contribution in [0.4, 0.5) is 5.69 Å². The maximum Gasteiger partial charge on any atom is 0.313 e. The normalized spacial score (nSPS) is 15.6. The van der Waals surface area contributed by atoms with Gasteiger partial charge in [-0.2, -0.15) is 5.10 Å². The third kappa shape index (κ3) is 4.94.